The van der Waals surface area contributed by atoms with Crippen LogP contribution in [0, 0.1) is 5.92 Å². The van der Waals surface area contributed by atoms with Gasteiger partial charge in [-0.2, -0.15) is 0 Å². The van der Waals surface area contributed by atoms with Crippen molar-refractivity contribution in [2.45, 2.75) is 38.2 Å². The standard InChI is InChI=1S/C17H20N6OS/c1-10-4-2-3-6-17(10,24)16-22-11-5-7-19-15(14(11)25-16)23-13-8-12(18)20-9-21-13/h5,7-10,24H,2-4,6H2,1H3,(H3,18,19,20,21,23)/t10-,17-/m0/s1. The Morgan fingerprint density at radius 2 is 2.20 bits per heavy atom. The topological polar surface area (TPSA) is 110 Å². The molecule has 0 aliphatic heterocycles. The second-order valence-corrected chi connectivity index (χ2v) is 7.55. The van der Waals surface area contributed by atoms with Crippen LogP contribution >= 0.6 is 11.3 Å². The lowest BCUT2D eigenvalue weighted by atomic mass is 9.77. The number of aromatic nitrogens is 4. The molecule has 0 aromatic carbocycles. The van der Waals surface area contributed by atoms with Crippen LogP contribution in [0.25, 0.3) is 10.2 Å². The Morgan fingerprint density at radius 3 is 3.00 bits per heavy atom. The molecule has 25 heavy (non-hydrogen) atoms. The van der Waals surface area contributed by atoms with Crippen LogP contribution in [-0.2, 0) is 5.60 Å². The lowest BCUT2D eigenvalue weighted by molar-refractivity contribution is -0.0469. The molecule has 3 heterocycles. The van der Waals surface area contributed by atoms with Crippen LogP contribution in [0.3, 0.4) is 0 Å². The molecule has 0 bridgehead atoms. The fourth-order valence-corrected chi connectivity index (χ4v) is 4.58. The number of anilines is 3. The number of nitrogen functional groups attached to an aromatic ring is 1. The van der Waals surface area contributed by atoms with Gasteiger partial charge in [-0.3, -0.25) is 0 Å². The van der Waals surface area contributed by atoms with Crippen molar-refractivity contribution in [1.29, 1.82) is 0 Å². The quantitative estimate of drug-likeness (QED) is 0.661. The molecule has 1 aliphatic carbocycles. The molecule has 3 aromatic rings. The summed E-state index contributed by atoms with van der Waals surface area (Å²) < 4.78 is 0.904. The van der Waals surface area contributed by atoms with Gasteiger partial charge in [-0.15, -0.1) is 11.3 Å². The summed E-state index contributed by atoms with van der Waals surface area (Å²) in [6.45, 7) is 2.10. The molecular formula is C17H20N6OS. The van der Waals surface area contributed by atoms with Crippen molar-refractivity contribution < 1.29 is 5.11 Å². The normalized spacial score (nSPS) is 23.7. The number of nitrogens with one attached hydrogen (secondary N) is 1. The van der Waals surface area contributed by atoms with Gasteiger partial charge in [-0.25, -0.2) is 19.9 Å². The molecule has 4 rings (SSSR count). The zero-order valence-corrected chi connectivity index (χ0v) is 14.8. The van der Waals surface area contributed by atoms with Gasteiger partial charge in [0.1, 0.15) is 28.6 Å². The highest BCUT2D eigenvalue weighted by Gasteiger charge is 2.40. The Labute approximate surface area is 149 Å². The third-order valence-corrected chi connectivity index (χ3v) is 6.11. The largest absolute Gasteiger partial charge is 0.384 e. The van der Waals surface area contributed by atoms with E-state index in [1.807, 2.05) is 6.07 Å². The van der Waals surface area contributed by atoms with Gasteiger partial charge in [0, 0.05) is 12.3 Å². The second kappa shape index (κ2) is 6.20. The fourth-order valence-electron chi connectivity index (χ4n) is 3.34. The van der Waals surface area contributed by atoms with Crippen LogP contribution in [0.5, 0.6) is 0 Å². The lowest BCUT2D eigenvalue weighted by Crippen LogP contribution is -2.36. The van der Waals surface area contributed by atoms with E-state index in [1.165, 1.54) is 17.7 Å². The minimum absolute atomic E-state index is 0.202. The Hall–Kier alpha value is -2.32. The molecule has 0 amide bonds. The zero-order chi connectivity index (χ0) is 17.4. The molecule has 0 saturated heterocycles. The molecule has 0 unspecified atom stereocenters. The number of fused-ring (bicyclic) bond motifs is 1. The summed E-state index contributed by atoms with van der Waals surface area (Å²) in [5.41, 5.74) is 5.68. The van der Waals surface area contributed by atoms with Crippen molar-refractivity contribution in [2.24, 2.45) is 5.92 Å². The Bertz CT molecular complexity index is 913. The Kier molecular flexibility index (Phi) is 4.01. The Balaban J connectivity index is 1.74. The number of hydrogen-bond donors (Lipinski definition) is 3. The van der Waals surface area contributed by atoms with Gasteiger partial charge in [-0.05, 0) is 24.8 Å². The van der Waals surface area contributed by atoms with E-state index in [4.69, 9.17) is 10.7 Å². The highest BCUT2D eigenvalue weighted by molar-refractivity contribution is 7.19. The number of nitrogens with two attached hydrogens (primary N) is 1. The third kappa shape index (κ3) is 2.91. The first-order valence-electron chi connectivity index (χ1n) is 8.39. The van der Waals surface area contributed by atoms with Crippen molar-refractivity contribution in [3.05, 3.63) is 29.7 Å². The number of aliphatic hydroxyl groups is 1. The molecule has 1 saturated carbocycles. The molecule has 4 N–H and O–H groups in total. The van der Waals surface area contributed by atoms with E-state index in [1.54, 1.807) is 12.3 Å². The fraction of sp³-hybridized carbons (Fsp3) is 0.412. The summed E-state index contributed by atoms with van der Waals surface area (Å²) in [4.78, 5) is 17.2. The van der Waals surface area contributed by atoms with Gasteiger partial charge < -0.3 is 16.2 Å². The SMILES string of the molecule is C[C@H]1CCCC[C@@]1(O)c1nc2ccnc(Nc3cc(N)ncn3)c2s1. The predicted octanol–water partition coefficient (Wildman–Crippen LogP) is 3.20. The van der Waals surface area contributed by atoms with Gasteiger partial charge >= 0.3 is 0 Å². The molecule has 1 fully saturated rings. The molecule has 130 valence electrons. The average molecular weight is 356 g/mol. The first-order valence-corrected chi connectivity index (χ1v) is 9.21. The van der Waals surface area contributed by atoms with Crippen molar-refractivity contribution >= 4 is 39.0 Å². The van der Waals surface area contributed by atoms with Crippen LogP contribution in [0.1, 0.15) is 37.6 Å². The summed E-state index contributed by atoms with van der Waals surface area (Å²) in [6, 6.07) is 3.52. The number of pyridine rings is 1. The van der Waals surface area contributed by atoms with E-state index in [0.29, 0.717) is 17.5 Å². The van der Waals surface area contributed by atoms with E-state index >= 15 is 0 Å². The van der Waals surface area contributed by atoms with Gasteiger partial charge in [0.2, 0.25) is 0 Å². The van der Waals surface area contributed by atoms with Crippen molar-refractivity contribution in [2.75, 3.05) is 11.1 Å². The number of thiazole rings is 1. The molecule has 1 aliphatic rings. The molecular weight excluding hydrogens is 336 g/mol. The number of nitrogens with zero attached hydrogens (tertiary/aromatic N) is 4. The highest BCUT2D eigenvalue weighted by atomic mass is 32.1. The van der Waals surface area contributed by atoms with Gasteiger partial charge in [0.15, 0.2) is 5.82 Å². The van der Waals surface area contributed by atoms with Crippen LogP contribution in [0.2, 0.25) is 0 Å². The van der Waals surface area contributed by atoms with Crippen LogP contribution in [-0.4, -0.2) is 25.0 Å². The maximum Gasteiger partial charge on any atom is 0.151 e. The van der Waals surface area contributed by atoms with Gasteiger partial charge in [0.05, 0.1) is 10.2 Å². The van der Waals surface area contributed by atoms with E-state index in [-0.39, 0.29) is 5.92 Å². The molecule has 2 atom stereocenters. The molecule has 0 radical (unpaired) electrons. The highest BCUT2D eigenvalue weighted by Crippen LogP contribution is 2.44. The maximum atomic E-state index is 11.2. The summed E-state index contributed by atoms with van der Waals surface area (Å²) in [5, 5.41) is 15.1. The van der Waals surface area contributed by atoms with Crippen LogP contribution in [0.4, 0.5) is 17.5 Å². The van der Waals surface area contributed by atoms with E-state index < -0.39 is 5.60 Å². The second-order valence-electron chi connectivity index (χ2n) is 6.55. The first kappa shape index (κ1) is 16.2. The minimum atomic E-state index is -0.849. The van der Waals surface area contributed by atoms with E-state index in [0.717, 1.165) is 40.9 Å². The zero-order valence-electron chi connectivity index (χ0n) is 13.9. The minimum Gasteiger partial charge on any atom is -0.384 e. The monoisotopic (exact) mass is 356 g/mol. The number of rotatable bonds is 3. The summed E-state index contributed by atoms with van der Waals surface area (Å²) >= 11 is 1.50. The molecule has 0 spiro atoms. The number of hydrogen-bond acceptors (Lipinski definition) is 8. The molecule has 7 nitrogen and oxygen atoms in total. The first-order chi connectivity index (χ1) is 12.1. The van der Waals surface area contributed by atoms with Crippen LogP contribution in [0.15, 0.2) is 24.7 Å². The van der Waals surface area contributed by atoms with Crippen LogP contribution < -0.4 is 11.1 Å². The molecule has 8 heteroatoms. The molecule has 3 aromatic heterocycles. The average Bonchev–Trinajstić information content (AvgIpc) is 3.04. The Morgan fingerprint density at radius 1 is 1.32 bits per heavy atom. The van der Waals surface area contributed by atoms with E-state index in [9.17, 15) is 5.11 Å². The van der Waals surface area contributed by atoms with Crippen molar-refractivity contribution in [3.63, 3.8) is 0 Å². The third-order valence-electron chi connectivity index (χ3n) is 4.87. The van der Waals surface area contributed by atoms with E-state index in [2.05, 4.69) is 27.2 Å². The summed E-state index contributed by atoms with van der Waals surface area (Å²) in [5.74, 6) is 1.83. The smallest absolute Gasteiger partial charge is 0.151 e. The van der Waals surface area contributed by atoms with Crippen molar-refractivity contribution in [1.82, 2.24) is 19.9 Å². The van der Waals surface area contributed by atoms with Gasteiger partial charge in [0.25, 0.3) is 0 Å². The van der Waals surface area contributed by atoms with Gasteiger partial charge in [-0.1, -0.05) is 19.8 Å². The maximum absolute atomic E-state index is 11.2. The lowest BCUT2D eigenvalue weighted by Gasteiger charge is -2.36. The summed E-state index contributed by atoms with van der Waals surface area (Å²) in [7, 11) is 0. The van der Waals surface area contributed by atoms with Crippen molar-refractivity contribution in [3.8, 4) is 0 Å². The summed E-state index contributed by atoms with van der Waals surface area (Å²) in [6.07, 6.45) is 7.08. The predicted molar refractivity (Wildman–Crippen MR) is 98.7 cm³/mol.